The third-order valence-electron chi connectivity index (χ3n) is 5.11. The van der Waals surface area contributed by atoms with E-state index in [1.54, 1.807) is 7.11 Å². The number of likely N-dealkylation sites (tertiary alicyclic amines) is 1. The summed E-state index contributed by atoms with van der Waals surface area (Å²) in [6.07, 6.45) is 3.55. The van der Waals surface area contributed by atoms with E-state index in [-0.39, 0.29) is 17.8 Å². The number of nitrogens with zero attached hydrogens (tertiary/aromatic N) is 2. The zero-order valence-corrected chi connectivity index (χ0v) is 14.9. The lowest BCUT2D eigenvalue weighted by molar-refractivity contribution is -0.145. The highest BCUT2D eigenvalue weighted by molar-refractivity contribution is 5.82. The Balaban J connectivity index is 1.98. The summed E-state index contributed by atoms with van der Waals surface area (Å²) in [6, 6.07) is 0. The largest absolute Gasteiger partial charge is 0.469 e. The van der Waals surface area contributed by atoms with Crippen LogP contribution in [0.5, 0.6) is 0 Å². The van der Waals surface area contributed by atoms with Crippen LogP contribution in [0.25, 0.3) is 0 Å². The van der Waals surface area contributed by atoms with E-state index in [9.17, 15) is 4.79 Å². The summed E-state index contributed by atoms with van der Waals surface area (Å²) >= 11 is 0. The zero-order chi connectivity index (χ0) is 16.9. The highest BCUT2D eigenvalue weighted by atomic mass is 16.5. The number of carbonyl (C=O) groups excluding carboxylic acids is 1. The molecule has 2 atom stereocenters. The maximum Gasteiger partial charge on any atom is 0.310 e. The Morgan fingerprint density at radius 2 is 2.09 bits per heavy atom. The van der Waals surface area contributed by atoms with Gasteiger partial charge in [-0.3, -0.25) is 9.79 Å². The molecule has 23 heavy (non-hydrogen) atoms. The normalized spacial score (nSPS) is 26.3. The van der Waals surface area contributed by atoms with Crippen molar-refractivity contribution in [2.75, 3.05) is 47.0 Å². The summed E-state index contributed by atoms with van der Waals surface area (Å²) in [5.41, 5.74) is 0.337. The topological polar surface area (TPSA) is 63.2 Å². The van der Waals surface area contributed by atoms with Crippen molar-refractivity contribution in [3.63, 3.8) is 0 Å². The highest BCUT2D eigenvalue weighted by Gasteiger charge is 2.42. The quantitative estimate of drug-likeness (QED) is 0.437. The standard InChI is InChI=1S/C17H31N3O3/c1-5-18-16(19-12-17(6-7-17)8-9-22-3)20-10-13(2)14(11-20)15(21)23-4/h13-14H,5-12H2,1-4H3,(H,18,19). The van der Waals surface area contributed by atoms with Crippen LogP contribution in [0.15, 0.2) is 4.99 Å². The summed E-state index contributed by atoms with van der Waals surface area (Å²) in [5, 5.41) is 3.37. The van der Waals surface area contributed by atoms with E-state index in [2.05, 4.69) is 24.1 Å². The lowest BCUT2D eigenvalue weighted by atomic mass is 9.99. The zero-order valence-electron chi connectivity index (χ0n) is 14.9. The second kappa shape index (κ2) is 7.99. The van der Waals surface area contributed by atoms with E-state index >= 15 is 0 Å². The van der Waals surface area contributed by atoms with Crippen molar-refractivity contribution in [3.8, 4) is 0 Å². The molecule has 2 aliphatic rings. The molecule has 1 heterocycles. The van der Waals surface area contributed by atoms with Crippen LogP contribution >= 0.6 is 0 Å². The maximum absolute atomic E-state index is 11.9. The summed E-state index contributed by atoms with van der Waals surface area (Å²) in [6.45, 7) is 8.18. The predicted octanol–water partition coefficient (Wildman–Crippen LogP) is 1.51. The smallest absolute Gasteiger partial charge is 0.310 e. The lowest BCUT2D eigenvalue weighted by Gasteiger charge is -2.22. The number of hydrogen-bond acceptors (Lipinski definition) is 4. The van der Waals surface area contributed by atoms with E-state index < -0.39 is 0 Å². The second-order valence-corrected chi connectivity index (χ2v) is 6.92. The number of hydrogen-bond donors (Lipinski definition) is 1. The van der Waals surface area contributed by atoms with Crippen molar-refractivity contribution in [3.05, 3.63) is 0 Å². The average molecular weight is 325 g/mol. The van der Waals surface area contributed by atoms with Gasteiger partial charge in [0.25, 0.3) is 0 Å². The first-order valence-corrected chi connectivity index (χ1v) is 8.65. The van der Waals surface area contributed by atoms with Crippen molar-refractivity contribution in [1.82, 2.24) is 10.2 Å². The van der Waals surface area contributed by atoms with E-state index in [1.807, 2.05) is 0 Å². The number of esters is 1. The van der Waals surface area contributed by atoms with Crippen LogP contribution in [0.2, 0.25) is 0 Å². The molecule has 1 aliphatic heterocycles. The van der Waals surface area contributed by atoms with Crippen LogP contribution in [0.3, 0.4) is 0 Å². The van der Waals surface area contributed by atoms with Crippen LogP contribution in [-0.4, -0.2) is 63.8 Å². The van der Waals surface area contributed by atoms with Gasteiger partial charge in [0.05, 0.1) is 13.0 Å². The number of rotatable bonds is 7. The van der Waals surface area contributed by atoms with Crippen molar-refractivity contribution in [2.24, 2.45) is 22.2 Å². The molecule has 1 N–H and O–H groups in total. The molecule has 0 aromatic rings. The average Bonchev–Trinajstić information content (AvgIpc) is 3.22. The molecule has 2 rings (SSSR count). The Kier molecular flexibility index (Phi) is 6.27. The third-order valence-corrected chi connectivity index (χ3v) is 5.11. The van der Waals surface area contributed by atoms with Crippen molar-refractivity contribution >= 4 is 11.9 Å². The van der Waals surface area contributed by atoms with Crippen molar-refractivity contribution < 1.29 is 14.3 Å². The van der Waals surface area contributed by atoms with Gasteiger partial charge in [0, 0.05) is 39.9 Å². The minimum Gasteiger partial charge on any atom is -0.469 e. The van der Waals surface area contributed by atoms with Crippen LogP contribution in [0, 0.1) is 17.3 Å². The monoisotopic (exact) mass is 325 g/mol. The van der Waals surface area contributed by atoms with Crippen LogP contribution in [-0.2, 0) is 14.3 Å². The van der Waals surface area contributed by atoms with E-state index in [4.69, 9.17) is 14.5 Å². The Bertz CT molecular complexity index is 435. The molecule has 2 unspecified atom stereocenters. The Morgan fingerprint density at radius 3 is 2.65 bits per heavy atom. The molecular formula is C17H31N3O3. The Labute approximate surface area is 139 Å². The molecule has 0 spiro atoms. The van der Waals surface area contributed by atoms with Gasteiger partial charge < -0.3 is 19.7 Å². The van der Waals surface area contributed by atoms with Gasteiger partial charge in [-0.15, -0.1) is 0 Å². The van der Waals surface area contributed by atoms with Gasteiger partial charge in [-0.05, 0) is 37.5 Å². The number of aliphatic imine (C=N–C) groups is 1. The van der Waals surface area contributed by atoms with Gasteiger partial charge in [0.15, 0.2) is 5.96 Å². The number of carbonyl (C=O) groups is 1. The fourth-order valence-corrected chi connectivity index (χ4v) is 3.25. The molecule has 0 aromatic carbocycles. The SMILES string of the molecule is CCNC(=NCC1(CCOC)CC1)N1CC(C)C(C(=O)OC)C1. The van der Waals surface area contributed by atoms with Gasteiger partial charge in [-0.1, -0.05) is 6.92 Å². The molecule has 1 saturated heterocycles. The van der Waals surface area contributed by atoms with Gasteiger partial charge in [0.2, 0.25) is 0 Å². The van der Waals surface area contributed by atoms with Gasteiger partial charge in [-0.2, -0.15) is 0 Å². The molecule has 0 bridgehead atoms. The van der Waals surface area contributed by atoms with E-state index in [0.717, 1.165) is 38.6 Å². The Hall–Kier alpha value is -1.30. The van der Waals surface area contributed by atoms with Crippen LogP contribution in [0.4, 0.5) is 0 Å². The minimum absolute atomic E-state index is 0.0627. The molecule has 0 radical (unpaired) electrons. The number of ether oxygens (including phenoxy) is 2. The molecule has 132 valence electrons. The first-order chi connectivity index (χ1) is 11.0. The summed E-state index contributed by atoms with van der Waals surface area (Å²) in [4.78, 5) is 18.9. The molecule has 2 fully saturated rings. The summed E-state index contributed by atoms with van der Waals surface area (Å²) in [7, 11) is 3.21. The van der Waals surface area contributed by atoms with Crippen LogP contribution in [0.1, 0.15) is 33.1 Å². The molecule has 0 aromatic heterocycles. The summed E-state index contributed by atoms with van der Waals surface area (Å²) < 4.78 is 10.1. The molecule has 6 nitrogen and oxygen atoms in total. The predicted molar refractivity (Wildman–Crippen MR) is 90.4 cm³/mol. The highest BCUT2D eigenvalue weighted by Crippen LogP contribution is 2.49. The van der Waals surface area contributed by atoms with Crippen molar-refractivity contribution in [2.45, 2.75) is 33.1 Å². The third kappa shape index (κ3) is 4.59. The van der Waals surface area contributed by atoms with E-state index in [0.29, 0.717) is 12.0 Å². The number of nitrogens with one attached hydrogen (secondary N) is 1. The molecule has 1 saturated carbocycles. The fourth-order valence-electron chi connectivity index (χ4n) is 3.25. The Morgan fingerprint density at radius 1 is 1.35 bits per heavy atom. The number of methoxy groups -OCH3 is 2. The maximum atomic E-state index is 11.9. The van der Waals surface area contributed by atoms with Crippen LogP contribution < -0.4 is 5.32 Å². The molecule has 6 heteroatoms. The molecule has 0 amide bonds. The van der Waals surface area contributed by atoms with Gasteiger partial charge in [-0.25, -0.2) is 0 Å². The first-order valence-electron chi connectivity index (χ1n) is 8.65. The fraction of sp³-hybridized carbons (Fsp3) is 0.882. The second-order valence-electron chi connectivity index (χ2n) is 6.92. The van der Waals surface area contributed by atoms with E-state index in [1.165, 1.54) is 20.0 Å². The molecular weight excluding hydrogens is 294 g/mol. The van der Waals surface area contributed by atoms with Gasteiger partial charge >= 0.3 is 5.97 Å². The lowest BCUT2D eigenvalue weighted by Crippen LogP contribution is -2.41. The summed E-state index contributed by atoms with van der Waals surface area (Å²) in [5.74, 6) is 1.03. The molecule has 1 aliphatic carbocycles. The first kappa shape index (κ1) is 18.0. The minimum atomic E-state index is -0.116. The van der Waals surface area contributed by atoms with Gasteiger partial charge in [0.1, 0.15) is 0 Å². The van der Waals surface area contributed by atoms with Crippen molar-refractivity contribution in [1.29, 1.82) is 0 Å². The number of guanidine groups is 1.